The summed E-state index contributed by atoms with van der Waals surface area (Å²) in [4.78, 5) is 17.7. The number of carbonyl (C=O) groups excluding carboxylic acids is 1. The number of nitrogens with two attached hydrogens (primary N) is 1. The van der Waals surface area contributed by atoms with Crippen molar-refractivity contribution in [1.29, 1.82) is 0 Å². The van der Waals surface area contributed by atoms with Gasteiger partial charge in [-0.2, -0.15) is 0 Å². The Bertz CT molecular complexity index is 386. The highest BCUT2D eigenvalue weighted by Crippen LogP contribution is 2.29. The number of carbonyl (C=O) groups is 1. The fourth-order valence-electron chi connectivity index (χ4n) is 1.82. The summed E-state index contributed by atoms with van der Waals surface area (Å²) >= 11 is 0. The van der Waals surface area contributed by atoms with E-state index < -0.39 is 0 Å². The van der Waals surface area contributed by atoms with E-state index in [1.807, 2.05) is 6.07 Å². The van der Waals surface area contributed by atoms with E-state index >= 15 is 0 Å². The van der Waals surface area contributed by atoms with Crippen molar-refractivity contribution >= 4 is 5.91 Å². The smallest absolute Gasteiger partial charge is 0.266 e. The van der Waals surface area contributed by atoms with Crippen molar-refractivity contribution in [3.05, 3.63) is 29.6 Å². The van der Waals surface area contributed by atoms with Gasteiger partial charge in [-0.1, -0.05) is 0 Å². The third kappa shape index (κ3) is 3.51. The molecule has 0 atom stereocenters. The van der Waals surface area contributed by atoms with Gasteiger partial charge in [0.2, 0.25) is 0 Å². The van der Waals surface area contributed by atoms with E-state index in [9.17, 15) is 4.79 Å². The minimum Gasteiger partial charge on any atom is -0.300 e. The molecule has 5 nitrogen and oxygen atoms in total. The molecule has 1 heterocycles. The fourth-order valence-corrected chi connectivity index (χ4v) is 1.82. The van der Waals surface area contributed by atoms with E-state index in [0.29, 0.717) is 5.56 Å². The van der Waals surface area contributed by atoms with Crippen LogP contribution < -0.4 is 11.3 Å². The van der Waals surface area contributed by atoms with E-state index in [1.165, 1.54) is 12.8 Å². The van der Waals surface area contributed by atoms with Crippen molar-refractivity contribution in [2.75, 3.05) is 13.6 Å². The van der Waals surface area contributed by atoms with Gasteiger partial charge in [0.05, 0.1) is 11.3 Å². The summed E-state index contributed by atoms with van der Waals surface area (Å²) in [5.74, 6) is 5.62. The molecule has 5 heteroatoms. The van der Waals surface area contributed by atoms with Crippen LogP contribution in [0.3, 0.4) is 0 Å². The average Bonchev–Trinajstić information content (AvgIpc) is 3.12. The van der Waals surface area contributed by atoms with Crippen molar-refractivity contribution in [1.82, 2.24) is 15.3 Å². The molecule has 1 aromatic heterocycles. The lowest BCUT2D eigenvalue weighted by Crippen LogP contribution is -2.30. The van der Waals surface area contributed by atoms with Gasteiger partial charge in [0.15, 0.2) is 0 Å². The quantitative estimate of drug-likeness (QED) is 0.443. The molecule has 1 saturated carbocycles. The lowest BCUT2D eigenvalue weighted by molar-refractivity contribution is 0.0953. The van der Waals surface area contributed by atoms with Crippen LogP contribution in [0.25, 0.3) is 0 Å². The Hall–Kier alpha value is -1.46. The maximum atomic E-state index is 11.2. The first-order valence-electron chi connectivity index (χ1n) is 5.83. The number of hydrogen-bond acceptors (Lipinski definition) is 4. The lowest BCUT2D eigenvalue weighted by atomic mass is 10.2. The van der Waals surface area contributed by atoms with Crippen molar-refractivity contribution in [3.8, 4) is 0 Å². The Morgan fingerprint density at radius 2 is 2.35 bits per heavy atom. The van der Waals surface area contributed by atoms with Gasteiger partial charge in [-0.25, -0.2) is 5.84 Å². The van der Waals surface area contributed by atoms with Crippen LogP contribution in [-0.2, 0) is 6.54 Å². The molecule has 1 aliphatic carbocycles. The van der Waals surface area contributed by atoms with E-state index in [4.69, 9.17) is 5.84 Å². The van der Waals surface area contributed by atoms with Crippen LogP contribution in [0.15, 0.2) is 18.3 Å². The minimum atomic E-state index is -0.310. The maximum Gasteiger partial charge on any atom is 0.266 e. The molecule has 3 N–H and O–H groups in total. The van der Waals surface area contributed by atoms with Gasteiger partial charge in [0, 0.05) is 19.3 Å². The van der Waals surface area contributed by atoms with Crippen LogP contribution in [0.2, 0.25) is 0 Å². The van der Waals surface area contributed by atoms with Gasteiger partial charge >= 0.3 is 0 Å². The highest BCUT2D eigenvalue weighted by molar-refractivity contribution is 5.93. The normalized spacial score (nSPS) is 15.0. The minimum absolute atomic E-state index is 0.310. The molecule has 2 rings (SSSR count). The van der Waals surface area contributed by atoms with Crippen LogP contribution in [0, 0.1) is 5.92 Å². The van der Waals surface area contributed by atoms with Gasteiger partial charge in [0.25, 0.3) is 5.91 Å². The molecule has 0 radical (unpaired) electrons. The highest BCUT2D eigenvalue weighted by atomic mass is 16.2. The van der Waals surface area contributed by atoms with Crippen LogP contribution >= 0.6 is 0 Å². The van der Waals surface area contributed by atoms with E-state index in [1.54, 1.807) is 12.3 Å². The number of pyridine rings is 1. The molecule has 17 heavy (non-hydrogen) atoms. The standard InChI is InChI=1S/C12H18N4O/c1-16(7-9-2-3-9)8-11-5-4-10(6-14-11)12(17)15-13/h4-6,9H,2-3,7-8,13H2,1H3,(H,15,17). The molecule has 1 amide bonds. The zero-order chi connectivity index (χ0) is 12.3. The van der Waals surface area contributed by atoms with Crippen molar-refractivity contribution in [2.45, 2.75) is 19.4 Å². The summed E-state index contributed by atoms with van der Waals surface area (Å²) in [6.07, 6.45) is 4.27. The molecule has 1 fully saturated rings. The summed E-state index contributed by atoms with van der Waals surface area (Å²) < 4.78 is 0. The zero-order valence-corrected chi connectivity index (χ0v) is 10.0. The number of amides is 1. The predicted molar refractivity (Wildman–Crippen MR) is 64.9 cm³/mol. The zero-order valence-electron chi connectivity index (χ0n) is 10.0. The Kier molecular flexibility index (Phi) is 3.71. The van der Waals surface area contributed by atoms with Gasteiger partial charge in [-0.3, -0.25) is 15.2 Å². The molecular weight excluding hydrogens is 216 g/mol. The van der Waals surface area contributed by atoms with Gasteiger partial charge in [-0.05, 0) is 37.9 Å². The number of nitrogens with zero attached hydrogens (tertiary/aromatic N) is 2. The number of nitrogen functional groups attached to an aromatic ring is 1. The first-order valence-corrected chi connectivity index (χ1v) is 5.83. The highest BCUT2D eigenvalue weighted by Gasteiger charge is 2.22. The molecule has 0 bridgehead atoms. The fraction of sp³-hybridized carbons (Fsp3) is 0.500. The van der Waals surface area contributed by atoms with E-state index in [-0.39, 0.29) is 5.91 Å². The molecule has 0 unspecified atom stereocenters. The predicted octanol–water partition coefficient (Wildman–Crippen LogP) is 0.527. The van der Waals surface area contributed by atoms with Crippen LogP contribution in [-0.4, -0.2) is 29.4 Å². The Balaban J connectivity index is 1.90. The van der Waals surface area contributed by atoms with E-state index in [0.717, 1.165) is 24.7 Å². The molecule has 0 aromatic carbocycles. The number of hydrogen-bond donors (Lipinski definition) is 2. The summed E-state index contributed by atoms with van der Waals surface area (Å²) in [5, 5.41) is 0. The van der Waals surface area contributed by atoms with Crippen LogP contribution in [0.1, 0.15) is 28.9 Å². The van der Waals surface area contributed by atoms with Crippen LogP contribution in [0.4, 0.5) is 0 Å². The topological polar surface area (TPSA) is 71.2 Å². The Morgan fingerprint density at radius 3 is 2.88 bits per heavy atom. The lowest BCUT2D eigenvalue weighted by Gasteiger charge is -2.15. The first-order chi connectivity index (χ1) is 8.19. The average molecular weight is 234 g/mol. The molecule has 0 aliphatic heterocycles. The summed E-state index contributed by atoms with van der Waals surface area (Å²) in [7, 11) is 2.10. The van der Waals surface area contributed by atoms with Crippen LogP contribution in [0.5, 0.6) is 0 Å². The van der Waals surface area contributed by atoms with E-state index in [2.05, 4.69) is 22.4 Å². The molecule has 1 aromatic rings. The molecule has 92 valence electrons. The summed E-state index contributed by atoms with van der Waals surface area (Å²) in [6, 6.07) is 3.61. The second kappa shape index (κ2) is 5.25. The summed E-state index contributed by atoms with van der Waals surface area (Å²) in [6.45, 7) is 1.95. The number of aromatic nitrogens is 1. The van der Waals surface area contributed by atoms with Gasteiger partial charge in [-0.15, -0.1) is 0 Å². The summed E-state index contributed by atoms with van der Waals surface area (Å²) in [5.41, 5.74) is 3.55. The number of rotatable bonds is 5. The Morgan fingerprint density at radius 1 is 1.59 bits per heavy atom. The second-order valence-corrected chi connectivity index (χ2v) is 4.65. The first kappa shape index (κ1) is 12.0. The SMILES string of the molecule is CN(Cc1ccc(C(=O)NN)cn1)CC1CC1. The maximum absolute atomic E-state index is 11.2. The second-order valence-electron chi connectivity index (χ2n) is 4.65. The largest absolute Gasteiger partial charge is 0.300 e. The van der Waals surface area contributed by atoms with Crippen molar-refractivity contribution in [2.24, 2.45) is 11.8 Å². The van der Waals surface area contributed by atoms with Crippen molar-refractivity contribution < 1.29 is 4.79 Å². The Labute approximate surface area is 101 Å². The third-order valence-electron chi connectivity index (χ3n) is 2.92. The van der Waals surface area contributed by atoms with Gasteiger partial charge in [0.1, 0.15) is 0 Å². The molecular formula is C12H18N4O. The third-order valence-corrected chi connectivity index (χ3v) is 2.92. The molecule has 1 aliphatic rings. The monoisotopic (exact) mass is 234 g/mol. The molecule has 0 saturated heterocycles. The molecule has 0 spiro atoms. The number of hydrazine groups is 1. The number of nitrogens with one attached hydrogen (secondary N) is 1. The van der Waals surface area contributed by atoms with Gasteiger partial charge < -0.3 is 4.90 Å². The van der Waals surface area contributed by atoms with Crippen molar-refractivity contribution in [3.63, 3.8) is 0 Å².